The van der Waals surface area contributed by atoms with Crippen molar-refractivity contribution in [3.05, 3.63) is 48.0 Å². The molecule has 1 saturated carbocycles. The molecular weight excluding hydrogens is 382 g/mol. The fourth-order valence-electron chi connectivity index (χ4n) is 5.27. The Morgan fingerprint density at radius 2 is 1.71 bits per heavy atom. The smallest absolute Gasteiger partial charge is 0.303 e. The molecule has 174 valence electrons. The summed E-state index contributed by atoms with van der Waals surface area (Å²) in [6.45, 7) is 0.646. The van der Waals surface area contributed by atoms with Crippen molar-refractivity contribution in [1.29, 1.82) is 0 Å². The first-order chi connectivity index (χ1) is 15.2. The lowest BCUT2D eigenvalue weighted by atomic mass is 9.80. The van der Waals surface area contributed by atoms with Crippen LogP contribution in [0.25, 0.3) is 0 Å². The molecule has 0 aliphatic heterocycles. The molecule has 31 heavy (non-hydrogen) atoms. The lowest BCUT2D eigenvalue weighted by Gasteiger charge is -2.26. The number of hydrogen-bond donors (Lipinski definition) is 2. The van der Waals surface area contributed by atoms with E-state index in [9.17, 15) is 9.90 Å². The number of unbranched alkanes of at least 4 members (excludes halogenated alkanes) is 2. The number of rotatable bonds is 16. The molecule has 3 N–H and O–H groups in total. The highest BCUT2D eigenvalue weighted by atomic mass is 16.4. The van der Waals surface area contributed by atoms with Gasteiger partial charge in [0.2, 0.25) is 0 Å². The summed E-state index contributed by atoms with van der Waals surface area (Å²) in [7, 11) is 0. The number of aryl methyl sites for hydroxylation is 1. The van der Waals surface area contributed by atoms with Crippen LogP contribution in [0.1, 0.15) is 95.5 Å². The van der Waals surface area contributed by atoms with Crippen LogP contribution in [0.4, 0.5) is 0 Å². The van der Waals surface area contributed by atoms with Crippen LogP contribution in [0.15, 0.2) is 42.5 Å². The zero-order chi connectivity index (χ0) is 22.2. The second-order valence-corrected chi connectivity index (χ2v) is 9.56. The van der Waals surface area contributed by atoms with Crippen LogP contribution >= 0.6 is 0 Å². The third-order valence-corrected chi connectivity index (χ3v) is 7.12. The predicted octanol–water partition coefficient (Wildman–Crippen LogP) is 7.15. The lowest BCUT2D eigenvalue weighted by molar-refractivity contribution is -0.138. The Kier molecular flexibility index (Phi) is 13.3. The summed E-state index contributed by atoms with van der Waals surface area (Å²) in [4.78, 5) is 11.5. The monoisotopic (exact) mass is 427 g/mol. The Morgan fingerprint density at radius 3 is 2.42 bits per heavy atom. The minimum Gasteiger partial charge on any atom is -0.481 e. The van der Waals surface area contributed by atoms with E-state index in [0.717, 1.165) is 38.0 Å². The number of nitrogens with two attached hydrogens (primary N) is 1. The van der Waals surface area contributed by atoms with Gasteiger partial charge in [0.25, 0.3) is 0 Å². The van der Waals surface area contributed by atoms with E-state index in [1.54, 1.807) is 0 Å². The summed E-state index contributed by atoms with van der Waals surface area (Å²) in [6.07, 6.45) is 22.2. The topological polar surface area (TPSA) is 63.3 Å². The first-order valence-corrected chi connectivity index (χ1v) is 12.8. The summed E-state index contributed by atoms with van der Waals surface area (Å²) < 4.78 is 0. The van der Waals surface area contributed by atoms with Crippen molar-refractivity contribution in [1.82, 2.24) is 0 Å². The molecule has 0 saturated heterocycles. The number of carboxylic acids is 1. The van der Waals surface area contributed by atoms with Crippen molar-refractivity contribution >= 4 is 5.97 Å². The second kappa shape index (κ2) is 16.1. The van der Waals surface area contributed by atoms with Crippen LogP contribution in [-0.4, -0.2) is 17.6 Å². The average molecular weight is 428 g/mol. The molecule has 1 fully saturated rings. The van der Waals surface area contributed by atoms with Crippen molar-refractivity contribution in [2.24, 2.45) is 23.5 Å². The molecule has 0 radical (unpaired) electrons. The maximum Gasteiger partial charge on any atom is 0.303 e. The number of carboxylic acid groups (broad SMARTS) is 1. The van der Waals surface area contributed by atoms with E-state index in [-0.39, 0.29) is 12.3 Å². The van der Waals surface area contributed by atoms with Gasteiger partial charge in [-0.25, -0.2) is 0 Å². The van der Waals surface area contributed by atoms with Gasteiger partial charge in [0, 0.05) is 6.42 Å². The third-order valence-electron chi connectivity index (χ3n) is 7.12. The Balaban J connectivity index is 1.69. The number of allylic oxidation sites excluding steroid dienone is 2. The highest BCUT2D eigenvalue weighted by Gasteiger charge is 2.23. The van der Waals surface area contributed by atoms with Gasteiger partial charge in [0.15, 0.2) is 0 Å². The molecule has 0 amide bonds. The fraction of sp³-hybridized carbons (Fsp3) is 0.679. The average Bonchev–Trinajstić information content (AvgIpc) is 2.79. The van der Waals surface area contributed by atoms with E-state index in [1.165, 1.54) is 63.4 Å². The SMILES string of the molecule is NCC[C@H](CCCCC=CCCC1CCCCC1)[C@H](CCc1ccccc1)CC(=O)O. The van der Waals surface area contributed by atoms with Gasteiger partial charge in [-0.1, -0.05) is 87.4 Å². The summed E-state index contributed by atoms with van der Waals surface area (Å²) in [5, 5.41) is 9.44. The molecule has 3 heteroatoms. The molecule has 0 spiro atoms. The first kappa shape index (κ1) is 25.6. The van der Waals surface area contributed by atoms with E-state index in [0.29, 0.717) is 12.5 Å². The molecule has 0 unspecified atom stereocenters. The molecule has 1 aromatic carbocycles. The second-order valence-electron chi connectivity index (χ2n) is 9.56. The number of aliphatic carboxylic acids is 1. The minimum atomic E-state index is -0.680. The Labute approximate surface area is 190 Å². The van der Waals surface area contributed by atoms with Crippen molar-refractivity contribution < 1.29 is 9.90 Å². The van der Waals surface area contributed by atoms with E-state index < -0.39 is 5.97 Å². The highest BCUT2D eigenvalue weighted by molar-refractivity contribution is 5.67. The van der Waals surface area contributed by atoms with Gasteiger partial charge in [-0.3, -0.25) is 4.79 Å². The largest absolute Gasteiger partial charge is 0.481 e. The maximum absolute atomic E-state index is 11.5. The van der Waals surface area contributed by atoms with E-state index in [4.69, 9.17) is 5.73 Å². The summed E-state index contributed by atoms with van der Waals surface area (Å²) in [6, 6.07) is 10.4. The van der Waals surface area contributed by atoms with E-state index in [1.807, 2.05) is 6.07 Å². The van der Waals surface area contributed by atoms with Gasteiger partial charge in [0.05, 0.1) is 0 Å². The van der Waals surface area contributed by atoms with Crippen LogP contribution in [0.2, 0.25) is 0 Å². The zero-order valence-electron chi connectivity index (χ0n) is 19.5. The number of carbonyl (C=O) groups is 1. The maximum atomic E-state index is 11.5. The first-order valence-electron chi connectivity index (χ1n) is 12.8. The van der Waals surface area contributed by atoms with E-state index in [2.05, 4.69) is 36.4 Å². The summed E-state index contributed by atoms with van der Waals surface area (Å²) >= 11 is 0. The summed E-state index contributed by atoms with van der Waals surface area (Å²) in [5.41, 5.74) is 7.19. The van der Waals surface area contributed by atoms with Crippen LogP contribution in [0.5, 0.6) is 0 Å². The van der Waals surface area contributed by atoms with Crippen LogP contribution in [0.3, 0.4) is 0 Å². The summed E-state index contributed by atoms with van der Waals surface area (Å²) in [5.74, 6) is 0.922. The van der Waals surface area contributed by atoms with Gasteiger partial charge in [-0.05, 0) is 74.8 Å². The van der Waals surface area contributed by atoms with Crippen molar-refractivity contribution in [2.45, 2.75) is 96.3 Å². The molecule has 1 aliphatic rings. The van der Waals surface area contributed by atoms with Crippen LogP contribution < -0.4 is 5.73 Å². The molecule has 2 atom stereocenters. The standard InChI is InChI=1S/C28H45NO2/c29-22-21-26(27(23-28(30)31)20-19-25-16-10-6-11-17-25)18-12-4-2-1-3-7-13-24-14-8-5-9-15-24/h1,3,6,10-11,16-17,24,26-27H,2,4-5,7-9,12-15,18-23,29H2,(H,30,31)/t26-,27+/m0/s1. The molecule has 1 aromatic rings. The molecule has 0 bridgehead atoms. The number of benzene rings is 1. The molecule has 2 rings (SSSR count). The van der Waals surface area contributed by atoms with Crippen molar-refractivity contribution in [3.8, 4) is 0 Å². The van der Waals surface area contributed by atoms with Crippen molar-refractivity contribution in [3.63, 3.8) is 0 Å². The molecule has 1 aliphatic carbocycles. The normalized spacial score (nSPS) is 17.1. The number of hydrogen-bond acceptors (Lipinski definition) is 2. The quantitative estimate of drug-likeness (QED) is 0.217. The molecule has 0 aromatic heterocycles. The third kappa shape index (κ3) is 11.5. The minimum absolute atomic E-state index is 0.215. The van der Waals surface area contributed by atoms with Crippen molar-refractivity contribution in [2.75, 3.05) is 6.54 Å². The Morgan fingerprint density at radius 1 is 0.968 bits per heavy atom. The molecular formula is C28H45NO2. The van der Waals surface area contributed by atoms with Crippen LogP contribution in [-0.2, 0) is 11.2 Å². The van der Waals surface area contributed by atoms with Crippen LogP contribution in [0, 0.1) is 17.8 Å². The Bertz CT molecular complexity index is 607. The van der Waals surface area contributed by atoms with Gasteiger partial charge in [0.1, 0.15) is 0 Å². The van der Waals surface area contributed by atoms with Gasteiger partial charge >= 0.3 is 5.97 Å². The molecule has 3 nitrogen and oxygen atoms in total. The Hall–Kier alpha value is -1.61. The fourth-order valence-corrected chi connectivity index (χ4v) is 5.27. The predicted molar refractivity (Wildman–Crippen MR) is 131 cm³/mol. The lowest BCUT2D eigenvalue weighted by Crippen LogP contribution is -2.22. The highest BCUT2D eigenvalue weighted by Crippen LogP contribution is 2.30. The van der Waals surface area contributed by atoms with Gasteiger partial charge < -0.3 is 10.8 Å². The van der Waals surface area contributed by atoms with E-state index >= 15 is 0 Å². The zero-order valence-corrected chi connectivity index (χ0v) is 19.5. The van der Waals surface area contributed by atoms with Gasteiger partial charge in [-0.2, -0.15) is 0 Å². The molecule has 0 heterocycles. The van der Waals surface area contributed by atoms with Gasteiger partial charge in [-0.15, -0.1) is 0 Å².